The number of rotatable bonds is 10. The van der Waals surface area contributed by atoms with Crippen molar-refractivity contribution in [2.75, 3.05) is 13.6 Å². The van der Waals surface area contributed by atoms with E-state index in [0.29, 0.717) is 6.41 Å². The Kier molecular flexibility index (Phi) is 8.08. The zero-order valence-electron chi connectivity index (χ0n) is 18.6. The van der Waals surface area contributed by atoms with Crippen LogP contribution in [-0.2, 0) is 21.8 Å². The summed E-state index contributed by atoms with van der Waals surface area (Å²) in [6.07, 6.45) is 2.87. The normalized spacial score (nSPS) is 11.3. The summed E-state index contributed by atoms with van der Waals surface area (Å²) >= 11 is 0. The number of carbonyl (C=O) groups excluding carboxylic acids is 3. The number of benzene rings is 2. The third-order valence-electron chi connectivity index (χ3n) is 5.12. The van der Waals surface area contributed by atoms with Crippen molar-refractivity contribution < 1.29 is 32.0 Å². The Morgan fingerprint density at radius 3 is 2.06 bits per heavy atom. The average Bonchev–Trinajstić information content (AvgIpc) is 3.34. The molecule has 0 aliphatic rings. The molecule has 10 heteroatoms. The van der Waals surface area contributed by atoms with Crippen LogP contribution in [0.15, 0.2) is 77.4 Å². The van der Waals surface area contributed by atoms with Gasteiger partial charge in [0.15, 0.2) is 11.4 Å². The minimum atomic E-state index is -2.29. The van der Waals surface area contributed by atoms with Crippen LogP contribution in [0.25, 0.3) is 0 Å². The number of nitrogens with one attached hydrogen (secondary N) is 2. The van der Waals surface area contributed by atoms with Crippen LogP contribution in [0.5, 0.6) is 0 Å². The number of furan rings is 1. The maximum absolute atomic E-state index is 16.2. The molecule has 7 nitrogen and oxygen atoms in total. The maximum Gasteiger partial charge on any atom is 0.287 e. The van der Waals surface area contributed by atoms with Gasteiger partial charge in [-0.05, 0) is 47.5 Å². The molecule has 0 aliphatic heterocycles. The highest BCUT2D eigenvalue weighted by atomic mass is 19.1. The highest BCUT2D eigenvalue weighted by Gasteiger charge is 2.35. The molecule has 0 unspecified atom stereocenters. The van der Waals surface area contributed by atoms with E-state index in [1.165, 1.54) is 49.6 Å². The van der Waals surface area contributed by atoms with Gasteiger partial charge in [-0.15, -0.1) is 0 Å². The summed E-state index contributed by atoms with van der Waals surface area (Å²) < 4.78 is 48.4. The van der Waals surface area contributed by atoms with E-state index in [0.717, 1.165) is 35.2 Å². The number of halogens is 3. The van der Waals surface area contributed by atoms with Crippen LogP contribution in [0.3, 0.4) is 0 Å². The van der Waals surface area contributed by atoms with E-state index in [2.05, 4.69) is 10.6 Å². The summed E-state index contributed by atoms with van der Waals surface area (Å²) in [6, 6.07) is 12.2. The lowest BCUT2D eigenvalue weighted by Crippen LogP contribution is -2.38. The lowest BCUT2D eigenvalue weighted by atomic mass is 9.88. The molecule has 1 heterocycles. The predicted octanol–water partition coefficient (Wildman–Crippen LogP) is 3.42. The van der Waals surface area contributed by atoms with E-state index in [1.54, 1.807) is 0 Å². The first kappa shape index (κ1) is 25.3. The van der Waals surface area contributed by atoms with Gasteiger partial charge in [-0.3, -0.25) is 14.4 Å². The molecule has 3 aromatic rings. The standard InChI is InChI=1S/C25H22F3N3O4/c1-29-23(33)12-13-31(16-32)14-21-10-11-22(35-21)24(34)30-15-25(28,17-2-6-19(26)7-3-17)18-4-8-20(27)9-5-18/h2-13,16H,14-15H2,1H3,(H,29,33)(H,30,34)/b13-12-. The molecule has 35 heavy (non-hydrogen) atoms. The van der Waals surface area contributed by atoms with E-state index in [9.17, 15) is 23.2 Å². The highest BCUT2D eigenvalue weighted by Crippen LogP contribution is 2.34. The number of likely N-dealkylation sites (N-methyl/N-ethyl adjacent to an activating group) is 1. The number of hydrogen-bond donors (Lipinski definition) is 2. The maximum atomic E-state index is 16.2. The van der Waals surface area contributed by atoms with Crippen molar-refractivity contribution in [3.63, 3.8) is 0 Å². The zero-order chi connectivity index (χ0) is 25.4. The summed E-state index contributed by atoms with van der Waals surface area (Å²) in [6.45, 7) is -0.600. The van der Waals surface area contributed by atoms with Gasteiger partial charge in [-0.1, -0.05) is 24.3 Å². The first-order chi connectivity index (χ1) is 16.7. The summed E-state index contributed by atoms with van der Waals surface area (Å²) in [5.74, 6) is -2.16. The molecule has 2 N–H and O–H groups in total. The molecule has 2 aromatic carbocycles. The van der Waals surface area contributed by atoms with Gasteiger partial charge in [0.05, 0.1) is 13.1 Å². The van der Waals surface area contributed by atoms with E-state index in [-0.39, 0.29) is 29.2 Å². The Bertz CT molecular complexity index is 1160. The molecule has 0 aliphatic carbocycles. The van der Waals surface area contributed by atoms with Gasteiger partial charge in [-0.2, -0.15) is 0 Å². The number of amides is 3. The molecule has 0 saturated carbocycles. The summed E-state index contributed by atoms with van der Waals surface area (Å²) in [5, 5.41) is 4.82. The summed E-state index contributed by atoms with van der Waals surface area (Å²) in [7, 11) is 1.44. The second-order valence-corrected chi connectivity index (χ2v) is 7.47. The first-order valence-electron chi connectivity index (χ1n) is 10.4. The molecule has 182 valence electrons. The van der Waals surface area contributed by atoms with Gasteiger partial charge < -0.3 is 20.0 Å². The fourth-order valence-corrected chi connectivity index (χ4v) is 3.22. The zero-order valence-corrected chi connectivity index (χ0v) is 18.6. The third-order valence-corrected chi connectivity index (χ3v) is 5.12. The molecule has 0 fully saturated rings. The Balaban J connectivity index is 1.74. The number of hydrogen-bond acceptors (Lipinski definition) is 4. The number of nitrogens with zero attached hydrogens (tertiary/aromatic N) is 1. The van der Waals surface area contributed by atoms with Gasteiger partial charge in [0, 0.05) is 19.3 Å². The van der Waals surface area contributed by atoms with Crippen LogP contribution in [0.4, 0.5) is 13.2 Å². The molecule has 0 saturated heterocycles. The number of carbonyl (C=O) groups is 3. The van der Waals surface area contributed by atoms with Crippen molar-refractivity contribution in [3.05, 3.63) is 107 Å². The summed E-state index contributed by atoms with van der Waals surface area (Å²) in [5.41, 5.74) is -2.16. The largest absolute Gasteiger partial charge is 0.454 e. The van der Waals surface area contributed by atoms with Crippen molar-refractivity contribution in [2.24, 2.45) is 0 Å². The second-order valence-electron chi connectivity index (χ2n) is 7.47. The topological polar surface area (TPSA) is 91.7 Å². The molecule has 0 radical (unpaired) electrons. The molecular formula is C25H22F3N3O4. The third kappa shape index (κ3) is 6.38. The fourth-order valence-electron chi connectivity index (χ4n) is 3.22. The second kappa shape index (κ2) is 11.2. The van der Waals surface area contributed by atoms with E-state index in [1.807, 2.05) is 0 Å². The van der Waals surface area contributed by atoms with Crippen LogP contribution in [0.2, 0.25) is 0 Å². The van der Waals surface area contributed by atoms with Crippen LogP contribution in [0, 0.1) is 11.6 Å². The molecule has 3 amide bonds. The van der Waals surface area contributed by atoms with E-state index < -0.39 is 35.7 Å². The van der Waals surface area contributed by atoms with Crippen molar-refractivity contribution in [1.29, 1.82) is 0 Å². The quantitative estimate of drug-likeness (QED) is 0.340. The first-order valence-corrected chi connectivity index (χ1v) is 10.4. The Labute approximate surface area is 199 Å². The predicted molar refractivity (Wildman–Crippen MR) is 121 cm³/mol. The van der Waals surface area contributed by atoms with Gasteiger partial charge in [-0.25, -0.2) is 13.2 Å². The van der Waals surface area contributed by atoms with Crippen LogP contribution in [0.1, 0.15) is 27.4 Å². The Hall–Kier alpha value is -4.34. The van der Waals surface area contributed by atoms with Gasteiger partial charge in [0.1, 0.15) is 17.4 Å². The van der Waals surface area contributed by atoms with E-state index in [4.69, 9.17) is 4.42 Å². The molecule has 0 bridgehead atoms. The molecular weight excluding hydrogens is 463 g/mol. The molecule has 0 spiro atoms. The monoisotopic (exact) mass is 485 g/mol. The van der Waals surface area contributed by atoms with E-state index >= 15 is 4.39 Å². The lowest BCUT2D eigenvalue weighted by molar-refractivity contribution is -0.116. The molecule has 3 rings (SSSR count). The lowest BCUT2D eigenvalue weighted by Gasteiger charge is -2.27. The minimum absolute atomic E-state index is 0.0531. The Morgan fingerprint density at radius 1 is 0.971 bits per heavy atom. The molecule has 1 aromatic heterocycles. The van der Waals surface area contributed by atoms with Gasteiger partial charge in [0.2, 0.25) is 12.3 Å². The van der Waals surface area contributed by atoms with Crippen molar-refractivity contribution in [1.82, 2.24) is 15.5 Å². The highest BCUT2D eigenvalue weighted by molar-refractivity contribution is 5.91. The van der Waals surface area contributed by atoms with Crippen LogP contribution >= 0.6 is 0 Å². The van der Waals surface area contributed by atoms with Gasteiger partial charge >= 0.3 is 0 Å². The van der Waals surface area contributed by atoms with Crippen molar-refractivity contribution in [3.8, 4) is 0 Å². The van der Waals surface area contributed by atoms with Crippen molar-refractivity contribution in [2.45, 2.75) is 12.2 Å². The van der Waals surface area contributed by atoms with Crippen LogP contribution < -0.4 is 10.6 Å². The average molecular weight is 485 g/mol. The Morgan fingerprint density at radius 2 is 1.54 bits per heavy atom. The summed E-state index contributed by atoms with van der Waals surface area (Å²) in [4.78, 5) is 36.3. The number of alkyl halides is 1. The fraction of sp³-hybridized carbons (Fsp3) is 0.160. The van der Waals surface area contributed by atoms with Crippen molar-refractivity contribution >= 4 is 18.2 Å². The SMILES string of the molecule is CNC(=O)/C=C\N(C=O)Cc1ccc(C(=O)NCC(F)(c2ccc(F)cc2)c2ccc(F)cc2)o1. The smallest absolute Gasteiger partial charge is 0.287 e. The van der Waals surface area contributed by atoms with Crippen LogP contribution in [-0.4, -0.2) is 36.7 Å². The minimum Gasteiger partial charge on any atom is -0.454 e. The molecule has 0 atom stereocenters. The van der Waals surface area contributed by atoms with Gasteiger partial charge in [0.25, 0.3) is 5.91 Å².